The summed E-state index contributed by atoms with van der Waals surface area (Å²) in [6, 6.07) is 7.51. The number of carbonyl (C=O) groups is 2. The van der Waals surface area contributed by atoms with Crippen LogP contribution in [0.1, 0.15) is 25.8 Å². The Morgan fingerprint density at radius 2 is 2.00 bits per heavy atom. The zero-order valence-corrected chi connectivity index (χ0v) is 13.1. The highest BCUT2D eigenvalue weighted by atomic mass is 16.5. The van der Waals surface area contributed by atoms with Crippen LogP contribution in [0.3, 0.4) is 0 Å². The molecule has 1 unspecified atom stereocenters. The molecule has 0 bridgehead atoms. The molecule has 1 N–H and O–H groups in total. The van der Waals surface area contributed by atoms with Gasteiger partial charge in [0, 0.05) is 13.1 Å². The van der Waals surface area contributed by atoms with Crippen molar-refractivity contribution in [1.82, 2.24) is 4.90 Å². The second-order valence-corrected chi connectivity index (χ2v) is 6.19. The summed E-state index contributed by atoms with van der Waals surface area (Å²) in [4.78, 5) is 24.7. The average Bonchev–Trinajstić information content (AvgIpc) is 2.96. The van der Waals surface area contributed by atoms with Crippen molar-refractivity contribution in [3.05, 3.63) is 29.8 Å². The third-order valence-corrected chi connectivity index (χ3v) is 3.75. The molecule has 1 heterocycles. The van der Waals surface area contributed by atoms with Gasteiger partial charge in [0.05, 0.1) is 18.9 Å². The first-order chi connectivity index (χ1) is 10.5. The lowest BCUT2D eigenvalue weighted by molar-refractivity contribution is -0.141. The molecule has 0 aromatic heterocycles. The number of amides is 1. The molecule has 5 heteroatoms. The van der Waals surface area contributed by atoms with Crippen molar-refractivity contribution < 1.29 is 19.4 Å². The Morgan fingerprint density at radius 3 is 2.55 bits per heavy atom. The Kier molecular flexibility index (Phi) is 5.41. The van der Waals surface area contributed by atoms with Crippen LogP contribution in [-0.4, -0.2) is 41.6 Å². The summed E-state index contributed by atoms with van der Waals surface area (Å²) in [5.74, 6) is 0.0212. The fourth-order valence-corrected chi connectivity index (χ4v) is 2.44. The van der Waals surface area contributed by atoms with Gasteiger partial charge in [0.25, 0.3) is 0 Å². The minimum atomic E-state index is -0.818. The monoisotopic (exact) mass is 305 g/mol. The summed E-state index contributed by atoms with van der Waals surface area (Å²) < 4.78 is 5.61. The highest BCUT2D eigenvalue weighted by Crippen LogP contribution is 2.19. The van der Waals surface area contributed by atoms with Crippen molar-refractivity contribution in [1.29, 1.82) is 0 Å². The van der Waals surface area contributed by atoms with Gasteiger partial charge in [0.15, 0.2) is 0 Å². The fourth-order valence-electron chi connectivity index (χ4n) is 2.44. The van der Waals surface area contributed by atoms with E-state index in [1.807, 2.05) is 24.3 Å². The smallest absolute Gasteiger partial charge is 0.308 e. The van der Waals surface area contributed by atoms with Gasteiger partial charge < -0.3 is 14.7 Å². The summed E-state index contributed by atoms with van der Waals surface area (Å²) in [5.41, 5.74) is 0.917. The van der Waals surface area contributed by atoms with Crippen molar-refractivity contribution in [2.45, 2.75) is 26.7 Å². The summed E-state index contributed by atoms with van der Waals surface area (Å²) in [6.07, 6.45) is 0.847. The maximum atomic E-state index is 12.2. The van der Waals surface area contributed by atoms with Crippen LogP contribution < -0.4 is 4.74 Å². The minimum absolute atomic E-state index is 0.0143. The number of carbonyl (C=O) groups excluding carboxylic acids is 1. The second kappa shape index (κ2) is 7.29. The number of hydrogen-bond acceptors (Lipinski definition) is 3. The molecule has 1 amide bonds. The number of benzene rings is 1. The molecule has 1 atom stereocenters. The quantitative estimate of drug-likeness (QED) is 0.875. The topological polar surface area (TPSA) is 66.8 Å². The molecule has 2 rings (SSSR count). The number of hydrogen-bond donors (Lipinski definition) is 1. The summed E-state index contributed by atoms with van der Waals surface area (Å²) in [6.45, 7) is 5.71. The number of nitrogens with zero attached hydrogens (tertiary/aromatic N) is 1. The minimum Gasteiger partial charge on any atom is -0.493 e. The molecule has 0 saturated carbocycles. The van der Waals surface area contributed by atoms with E-state index in [0.717, 1.165) is 11.3 Å². The molecule has 1 saturated heterocycles. The summed E-state index contributed by atoms with van der Waals surface area (Å²) in [5, 5.41) is 8.97. The molecule has 0 spiro atoms. The second-order valence-electron chi connectivity index (χ2n) is 6.19. The lowest BCUT2D eigenvalue weighted by Gasteiger charge is -2.16. The molecule has 22 heavy (non-hydrogen) atoms. The van der Waals surface area contributed by atoms with Crippen LogP contribution in [0.2, 0.25) is 0 Å². The number of rotatable bonds is 6. The predicted molar refractivity (Wildman–Crippen MR) is 82.8 cm³/mol. The van der Waals surface area contributed by atoms with Crippen molar-refractivity contribution >= 4 is 11.9 Å². The van der Waals surface area contributed by atoms with Gasteiger partial charge in [-0.1, -0.05) is 26.0 Å². The molecule has 5 nitrogen and oxygen atoms in total. The van der Waals surface area contributed by atoms with Gasteiger partial charge in [-0.25, -0.2) is 0 Å². The third-order valence-electron chi connectivity index (χ3n) is 3.75. The molecule has 1 aliphatic rings. The van der Waals surface area contributed by atoms with Crippen LogP contribution in [-0.2, 0) is 16.0 Å². The van der Waals surface area contributed by atoms with Gasteiger partial charge in [0.2, 0.25) is 5.91 Å². The first-order valence-corrected chi connectivity index (χ1v) is 7.68. The van der Waals surface area contributed by atoms with Crippen molar-refractivity contribution in [3.8, 4) is 5.75 Å². The number of aliphatic carboxylic acids is 1. The summed E-state index contributed by atoms with van der Waals surface area (Å²) >= 11 is 0. The average molecular weight is 305 g/mol. The van der Waals surface area contributed by atoms with Gasteiger partial charge in [-0.15, -0.1) is 0 Å². The van der Waals surface area contributed by atoms with Gasteiger partial charge in [-0.3, -0.25) is 9.59 Å². The molecule has 1 fully saturated rings. The molecular weight excluding hydrogens is 282 g/mol. The molecule has 1 aromatic rings. The van der Waals surface area contributed by atoms with E-state index in [4.69, 9.17) is 9.84 Å². The number of ether oxygens (including phenoxy) is 1. The SMILES string of the molecule is CC(C)COc1ccc(CC(=O)N2CCC(C(=O)O)C2)cc1. The third kappa shape index (κ3) is 4.48. The molecule has 1 aromatic carbocycles. The van der Waals surface area contributed by atoms with Crippen LogP contribution in [0, 0.1) is 11.8 Å². The van der Waals surface area contributed by atoms with E-state index in [0.29, 0.717) is 38.5 Å². The summed E-state index contributed by atoms with van der Waals surface area (Å²) in [7, 11) is 0. The molecule has 0 radical (unpaired) electrons. The Labute approximate surface area is 130 Å². The van der Waals surface area contributed by atoms with Crippen LogP contribution in [0.25, 0.3) is 0 Å². The first kappa shape index (κ1) is 16.3. The van der Waals surface area contributed by atoms with Gasteiger partial charge >= 0.3 is 5.97 Å². The number of carboxylic acids is 1. The predicted octanol–water partition coefficient (Wildman–Crippen LogP) is 2.20. The lowest BCUT2D eigenvalue weighted by atomic mass is 10.1. The number of likely N-dealkylation sites (tertiary alicyclic amines) is 1. The fraction of sp³-hybridized carbons (Fsp3) is 0.529. The van der Waals surface area contributed by atoms with Crippen molar-refractivity contribution in [2.75, 3.05) is 19.7 Å². The van der Waals surface area contributed by atoms with E-state index < -0.39 is 11.9 Å². The highest BCUT2D eigenvalue weighted by Gasteiger charge is 2.30. The largest absolute Gasteiger partial charge is 0.493 e. The Hall–Kier alpha value is -2.04. The molecule has 1 aliphatic heterocycles. The van der Waals surface area contributed by atoms with Gasteiger partial charge in [-0.05, 0) is 30.0 Å². The van der Waals surface area contributed by atoms with Crippen LogP contribution in [0.5, 0.6) is 5.75 Å². The van der Waals surface area contributed by atoms with E-state index in [9.17, 15) is 9.59 Å². The van der Waals surface area contributed by atoms with Crippen molar-refractivity contribution in [2.24, 2.45) is 11.8 Å². The lowest BCUT2D eigenvalue weighted by Crippen LogP contribution is -2.31. The Balaban J connectivity index is 1.85. The van der Waals surface area contributed by atoms with Crippen LogP contribution in [0.4, 0.5) is 0 Å². The zero-order chi connectivity index (χ0) is 16.1. The standard InChI is InChI=1S/C17H23NO4/c1-12(2)11-22-15-5-3-13(4-6-15)9-16(19)18-8-7-14(10-18)17(20)21/h3-6,12,14H,7-11H2,1-2H3,(H,20,21). The van der Waals surface area contributed by atoms with E-state index in [-0.39, 0.29) is 5.91 Å². The first-order valence-electron chi connectivity index (χ1n) is 7.68. The van der Waals surface area contributed by atoms with Crippen LogP contribution in [0.15, 0.2) is 24.3 Å². The van der Waals surface area contributed by atoms with E-state index >= 15 is 0 Å². The van der Waals surface area contributed by atoms with E-state index in [1.165, 1.54) is 0 Å². The van der Waals surface area contributed by atoms with Gasteiger partial charge in [-0.2, -0.15) is 0 Å². The van der Waals surface area contributed by atoms with E-state index in [1.54, 1.807) is 4.90 Å². The Bertz CT molecular complexity index is 524. The van der Waals surface area contributed by atoms with Crippen molar-refractivity contribution in [3.63, 3.8) is 0 Å². The normalized spacial score (nSPS) is 17.8. The molecule has 0 aliphatic carbocycles. The highest BCUT2D eigenvalue weighted by molar-refractivity contribution is 5.80. The van der Waals surface area contributed by atoms with Gasteiger partial charge in [0.1, 0.15) is 5.75 Å². The van der Waals surface area contributed by atoms with E-state index in [2.05, 4.69) is 13.8 Å². The Morgan fingerprint density at radius 1 is 1.32 bits per heavy atom. The zero-order valence-electron chi connectivity index (χ0n) is 13.1. The van der Waals surface area contributed by atoms with Crippen LogP contribution >= 0.6 is 0 Å². The maximum Gasteiger partial charge on any atom is 0.308 e. The maximum absolute atomic E-state index is 12.2. The molecular formula is C17H23NO4. The molecule has 120 valence electrons. The number of carboxylic acid groups (broad SMARTS) is 1.